The number of urea groups is 1. The lowest BCUT2D eigenvalue weighted by molar-refractivity contribution is 0.171. The van der Waals surface area contributed by atoms with Crippen LogP contribution >= 0.6 is 0 Å². The summed E-state index contributed by atoms with van der Waals surface area (Å²) in [5.74, 6) is 0. The minimum absolute atomic E-state index is 0.130. The molecule has 3 N–H and O–H groups in total. The fourth-order valence-corrected chi connectivity index (χ4v) is 1.71. The minimum atomic E-state index is -0.736. The molecule has 17 heavy (non-hydrogen) atoms. The maximum absolute atomic E-state index is 11.7. The summed E-state index contributed by atoms with van der Waals surface area (Å²) in [6.07, 6.45) is 2.10. The summed E-state index contributed by atoms with van der Waals surface area (Å²) in [5.41, 5.74) is 0.161. The molecule has 1 unspecified atom stereocenters. The Kier molecular flexibility index (Phi) is 3.33. The van der Waals surface area contributed by atoms with E-state index in [2.05, 4.69) is 10.6 Å². The molecule has 0 heterocycles. The normalized spacial score (nSPS) is 18.2. The van der Waals surface area contributed by atoms with Crippen molar-refractivity contribution in [3.8, 4) is 0 Å². The van der Waals surface area contributed by atoms with Gasteiger partial charge in [0.05, 0.1) is 12.1 Å². The lowest BCUT2D eigenvalue weighted by Crippen LogP contribution is -2.50. The van der Waals surface area contributed by atoms with Crippen LogP contribution in [0.4, 0.5) is 4.79 Å². The van der Waals surface area contributed by atoms with Crippen molar-refractivity contribution in [2.45, 2.75) is 31.3 Å². The van der Waals surface area contributed by atoms with Crippen LogP contribution < -0.4 is 10.6 Å². The first-order valence-corrected chi connectivity index (χ1v) is 5.89. The van der Waals surface area contributed by atoms with E-state index >= 15 is 0 Å². The SMILES string of the molecule is CC(CO)(NC(=O)NC1CC1)c1ccccc1. The smallest absolute Gasteiger partial charge is 0.315 e. The second-order valence-corrected chi connectivity index (χ2v) is 4.73. The lowest BCUT2D eigenvalue weighted by atomic mass is 9.93. The van der Waals surface area contributed by atoms with Gasteiger partial charge in [0.2, 0.25) is 0 Å². The molecule has 0 spiro atoms. The average molecular weight is 234 g/mol. The molecule has 1 saturated carbocycles. The van der Waals surface area contributed by atoms with Crippen LogP contribution in [0.15, 0.2) is 30.3 Å². The number of nitrogens with one attached hydrogen (secondary N) is 2. The molecule has 2 amide bonds. The van der Waals surface area contributed by atoms with Gasteiger partial charge in [-0.25, -0.2) is 4.79 Å². The summed E-state index contributed by atoms with van der Waals surface area (Å²) in [4.78, 5) is 11.7. The predicted octanol–water partition coefficient (Wildman–Crippen LogP) is 1.36. The molecular formula is C13H18N2O2. The number of hydrogen-bond donors (Lipinski definition) is 3. The van der Waals surface area contributed by atoms with Crippen molar-refractivity contribution in [1.29, 1.82) is 0 Å². The summed E-state index contributed by atoms with van der Waals surface area (Å²) in [5, 5.41) is 15.2. The van der Waals surface area contributed by atoms with Crippen molar-refractivity contribution in [1.82, 2.24) is 10.6 Å². The maximum Gasteiger partial charge on any atom is 0.315 e. The van der Waals surface area contributed by atoms with E-state index in [0.717, 1.165) is 18.4 Å². The molecule has 0 aromatic heterocycles. The second-order valence-electron chi connectivity index (χ2n) is 4.73. The molecule has 1 fully saturated rings. The zero-order chi connectivity index (χ0) is 12.3. The number of rotatable bonds is 4. The van der Waals surface area contributed by atoms with Gasteiger partial charge in [0.25, 0.3) is 0 Å². The average Bonchev–Trinajstić information content (AvgIpc) is 3.13. The monoisotopic (exact) mass is 234 g/mol. The van der Waals surface area contributed by atoms with Crippen molar-refractivity contribution < 1.29 is 9.90 Å². The summed E-state index contributed by atoms with van der Waals surface area (Å²) in [6.45, 7) is 1.68. The largest absolute Gasteiger partial charge is 0.394 e. The molecular weight excluding hydrogens is 216 g/mol. The molecule has 2 rings (SSSR count). The topological polar surface area (TPSA) is 61.4 Å². The van der Waals surface area contributed by atoms with Gasteiger partial charge < -0.3 is 15.7 Å². The Hall–Kier alpha value is -1.55. The van der Waals surface area contributed by atoms with Gasteiger partial charge >= 0.3 is 6.03 Å². The highest BCUT2D eigenvalue weighted by atomic mass is 16.3. The van der Waals surface area contributed by atoms with Crippen molar-refractivity contribution >= 4 is 6.03 Å². The van der Waals surface area contributed by atoms with Crippen LogP contribution in [0.2, 0.25) is 0 Å². The molecule has 1 aliphatic rings. The van der Waals surface area contributed by atoms with E-state index in [1.165, 1.54) is 0 Å². The first kappa shape index (κ1) is 11.9. The van der Waals surface area contributed by atoms with Crippen molar-refractivity contribution in [3.63, 3.8) is 0 Å². The van der Waals surface area contributed by atoms with Crippen LogP contribution in [0.5, 0.6) is 0 Å². The Morgan fingerprint density at radius 3 is 2.59 bits per heavy atom. The van der Waals surface area contributed by atoms with Gasteiger partial charge in [0, 0.05) is 6.04 Å². The van der Waals surface area contributed by atoms with Crippen molar-refractivity contribution in [2.75, 3.05) is 6.61 Å². The zero-order valence-corrected chi connectivity index (χ0v) is 9.94. The Labute approximate surface area is 101 Å². The maximum atomic E-state index is 11.7. The van der Waals surface area contributed by atoms with E-state index in [4.69, 9.17) is 0 Å². The van der Waals surface area contributed by atoms with E-state index in [1.807, 2.05) is 37.3 Å². The summed E-state index contributed by atoms with van der Waals surface area (Å²) in [7, 11) is 0. The molecule has 1 atom stereocenters. The first-order valence-electron chi connectivity index (χ1n) is 5.89. The molecule has 1 aromatic rings. The zero-order valence-electron chi connectivity index (χ0n) is 9.94. The van der Waals surface area contributed by atoms with E-state index < -0.39 is 5.54 Å². The van der Waals surface area contributed by atoms with Gasteiger partial charge in [-0.1, -0.05) is 30.3 Å². The fourth-order valence-electron chi connectivity index (χ4n) is 1.71. The third-order valence-corrected chi connectivity index (χ3v) is 3.03. The number of carbonyl (C=O) groups is 1. The van der Waals surface area contributed by atoms with E-state index in [1.54, 1.807) is 0 Å². The molecule has 0 aliphatic heterocycles. The minimum Gasteiger partial charge on any atom is -0.394 e. The van der Waals surface area contributed by atoms with Crippen LogP contribution in [0.3, 0.4) is 0 Å². The molecule has 0 bridgehead atoms. The van der Waals surface area contributed by atoms with Crippen LogP contribution in [0.25, 0.3) is 0 Å². The number of hydrogen-bond acceptors (Lipinski definition) is 2. The first-order chi connectivity index (χ1) is 8.14. The number of aliphatic hydroxyl groups excluding tert-OH is 1. The third-order valence-electron chi connectivity index (χ3n) is 3.03. The summed E-state index contributed by atoms with van der Waals surface area (Å²) in [6, 6.07) is 9.59. The Morgan fingerprint density at radius 2 is 2.06 bits per heavy atom. The lowest BCUT2D eigenvalue weighted by Gasteiger charge is -2.29. The highest BCUT2D eigenvalue weighted by molar-refractivity contribution is 5.75. The standard InChI is InChI=1S/C13H18N2O2/c1-13(9-16,10-5-3-2-4-6-10)15-12(17)14-11-7-8-11/h2-6,11,16H,7-9H2,1H3,(H2,14,15,17). The molecule has 0 radical (unpaired) electrons. The van der Waals surface area contributed by atoms with E-state index in [-0.39, 0.29) is 12.6 Å². The van der Waals surface area contributed by atoms with Crippen LogP contribution in [-0.2, 0) is 5.54 Å². The van der Waals surface area contributed by atoms with Crippen LogP contribution in [-0.4, -0.2) is 23.8 Å². The van der Waals surface area contributed by atoms with Crippen LogP contribution in [0.1, 0.15) is 25.3 Å². The quantitative estimate of drug-likeness (QED) is 0.736. The number of benzene rings is 1. The summed E-state index contributed by atoms with van der Waals surface area (Å²) >= 11 is 0. The second kappa shape index (κ2) is 4.75. The van der Waals surface area contributed by atoms with E-state index in [9.17, 15) is 9.90 Å². The number of carbonyl (C=O) groups excluding carboxylic acids is 1. The fraction of sp³-hybridized carbons (Fsp3) is 0.462. The molecule has 1 aliphatic carbocycles. The Balaban J connectivity index is 2.05. The Morgan fingerprint density at radius 1 is 1.41 bits per heavy atom. The van der Waals surface area contributed by atoms with Crippen molar-refractivity contribution in [2.24, 2.45) is 0 Å². The molecule has 0 saturated heterocycles. The van der Waals surface area contributed by atoms with Gasteiger partial charge in [-0.15, -0.1) is 0 Å². The summed E-state index contributed by atoms with van der Waals surface area (Å²) < 4.78 is 0. The third kappa shape index (κ3) is 2.97. The number of amides is 2. The van der Waals surface area contributed by atoms with Gasteiger partial charge in [0.15, 0.2) is 0 Å². The highest BCUT2D eigenvalue weighted by Gasteiger charge is 2.30. The molecule has 92 valence electrons. The number of aliphatic hydroxyl groups is 1. The van der Waals surface area contributed by atoms with Gasteiger partial charge in [0.1, 0.15) is 0 Å². The predicted molar refractivity (Wildman–Crippen MR) is 65.6 cm³/mol. The molecule has 4 nitrogen and oxygen atoms in total. The molecule has 4 heteroatoms. The van der Waals surface area contributed by atoms with E-state index in [0.29, 0.717) is 6.04 Å². The molecule has 1 aromatic carbocycles. The van der Waals surface area contributed by atoms with Gasteiger partial charge in [-0.3, -0.25) is 0 Å². The Bertz CT molecular complexity index is 390. The van der Waals surface area contributed by atoms with Crippen LogP contribution in [0, 0.1) is 0 Å². The van der Waals surface area contributed by atoms with Gasteiger partial charge in [-0.2, -0.15) is 0 Å². The highest BCUT2D eigenvalue weighted by Crippen LogP contribution is 2.21. The van der Waals surface area contributed by atoms with Crippen molar-refractivity contribution in [3.05, 3.63) is 35.9 Å². The van der Waals surface area contributed by atoms with Gasteiger partial charge in [-0.05, 0) is 25.3 Å².